The lowest BCUT2D eigenvalue weighted by Crippen LogP contribution is -2.47. The first-order valence-electron chi connectivity index (χ1n) is 4.96. The molecule has 0 aliphatic carbocycles. The normalized spacial score (nSPS) is 21.9. The number of benzene rings is 1. The van der Waals surface area contributed by atoms with Crippen LogP contribution in [0.5, 0.6) is 0 Å². The highest BCUT2D eigenvalue weighted by molar-refractivity contribution is 5.41. The van der Waals surface area contributed by atoms with Crippen molar-refractivity contribution in [1.29, 1.82) is 5.26 Å². The van der Waals surface area contributed by atoms with Crippen molar-refractivity contribution in [3.05, 3.63) is 30.3 Å². The molecule has 1 saturated heterocycles. The third-order valence-electron chi connectivity index (χ3n) is 2.32. The van der Waals surface area contributed by atoms with Gasteiger partial charge in [0.15, 0.2) is 0 Å². The van der Waals surface area contributed by atoms with Crippen LogP contribution in [0.25, 0.3) is 0 Å². The second-order valence-electron chi connectivity index (χ2n) is 3.39. The molecule has 1 aromatic rings. The molecule has 78 valence electrons. The zero-order chi connectivity index (χ0) is 10.5. The first-order valence-corrected chi connectivity index (χ1v) is 4.96. The molecule has 1 atom stereocenters. The Morgan fingerprint density at radius 3 is 2.93 bits per heavy atom. The lowest BCUT2D eigenvalue weighted by Gasteiger charge is -2.32. The lowest BCUT2D eigenvalue weighted by molar-refractivity contribution is 0.0254. The highest BCUT2D eigenvalue weighted by atomic mass is 16.5. The predicted molar refractivity (Wildman–Crippen MR) is 57.0 cm³/mol. The summed E-state index contributed by atoms with van der Waals surface area (Å²) in [6.45, 7) is 1.86. The number of hydrogen-bond acceptors (Lipinski definition) is 4. The van der Waals surface area contributed by atoms with E-state index in [2.05, 4.69) is 11.5 Å². The Labute approximate surface area is 89.0 Å². The second kappa shape index (κ2) is 4.78. The highest BCUT2D eigenvalue weighted by Crippen LogP contribution is 2.11. The van der Waals surface area contributed by atoms with E-state index in [1.807, 2.05) is 35.3 Å². The molecule has 1 aromatic carbocycles. The largest absolute Gasteiger partial charge is 0.377 e. The predicted octanol–water partition coefficient (Wildman–Crippen LogP) is 1.24. The molecular formula is C11H13N3O. The maximum atomic E-state index is 8.93. The lowest BCUT2D eigenvalue weighted by atomic mass is 10.3. The van der Waals surface area contributed by atoms with Gasteiger partial charge in [-0.25, -0.2) is 5.01 Å². The first-order chi connectivity index (χ1) is 7.40. The van der Waals surface area contributed by atoms with Crippen molar-refractivity contribution in [3.63, 3.8) is 0 Å². The Bertz CT molecular complexity index is 347. The van der Waals surface area contributed by atoms with Crippen LogP contribution < -0.4 is 5.43 Å². The van der Waals surface area contributed by atoms with Crippen molar-refractivity contribution in [2.45, 2.75) is 6.04 Å². The summed E-state index contributed by atoms with van der Waals surface area (Å²) in [5.41, 5.74) is 4.21. The van der Waals surface area contributed by atoms with Gasteiger partial charge in [0.25, 0.3) is 0 Å². The van der Waals surface area contributed by atoms with E-state index in [0.29, 0.717) is 13.2 Å². The molecule has 4 nitrogen and oxygen atoms in total. The van der Waals surface area contributed by atoms with Crippen LogP contribution in [0.15, 0.2) is 30.3 Å². The number of nitriles is 1. The smallest absolute Gasteiger partial charge is 0.139 e. The Hall–Kier alpha value is -1.57. The minimum absolute atomic E-state index is 0.209. The number of morpholine rings is 1. The van der Waals surface area contributed by atoms with E-state index < -0.39 is 0 Å². The standard InChI is InChI=1S/C11H13N3O/c12-8-11-9-15-7-6-14(11)13-10-4-2-1-3-5-10/h1-5,11,13H,6-7,9H2. The zero-order valence-electron chi connectivity index (χ0n) is 8.39. The number of para-hydroxylation sites is 1. The summed E-state index contributed by atoms with van der Waals surface area (Å²) in [6, 6.07) is 11.8. The topological polar surface area (TPSA) is 48.3 Å². The molecule has 0 saturated carbocycles. The number of nitrogens with one attached hydrogen (secondary N) is 1. The van der Waals surface area contributed by atoms with Crippen molar-refractivity contribution in [1.82, 2.24) is 5.01 Å². The van der Waals surface area contributed by atoms with Crippen LogP contribution in [-0.2, 0) is 4.74 Å². The Balaban J connectivity index is 2.01. The van der Waals surface area contributed by atoms with Crippen LogP contribution in [0.4, 0.5) is 5.69 Å². The molecule has 1 heterocycles. The van der Waals surface area contributed by atoms with Gasteiger partial charge in [-0.3, -0.25) is 0 Å². The molecule has 15 heavy (non-hydrogen) atoms. The quantitative estimate of drug-likeness (QED) is 0.785. The number of anilines is 1. The maximum absolute atomic E-state index is 8.93. The summed E-state index contributed by atoms with van der Waals surface area (Å²) in [4.78, 5) is 0. The fraction of sp³-hybridized carbons (Fsp3) is 0.364. The number of rotatable bonds is 2. The minimum Gasteiger partial charge on any atom is -0.377 e. The van der Waals surface area contributed by atoms with Gasteiger partial charge in [-0.2, -0.15) is 5.26 Å². The molecule has 0 spiro atoms. The third-order valence-corrected chi connectivity index (χ3v) is 2.32. The van der Waals surface area contributed by atoms with Crippen molar-refractivity contribution >= 4 is 5.69 Å². The fourth-order valence-electron chi connectivity index (χ4n) is 1.52. The SMILES string of the molecule is N#CC1COCCN1Nc1ccccc1. The summed E-state index contributed by atoms with van der Waals surface area (Å²) >= 11 is 0. The third kappa shape index (κ3) is 2.46. The van der Waals surface area contributed by atoms with Gasteiger partial charge < -0.3 is 10.2 Å². The monoisotopic (exact) mass is 203 g/mol. The second-order valence-corrected chi connectivity index (χ2v) is 3.39. The Morgan fingerprint density at radius 1 is 1.40 bits per heavy atom. The van der Waals surface area contributed by atoms with E-state index in [-0.39, 0.29) is 6.04 Å². The number of ether oxygens (including phenoxy) is 1. The summed E-state index contributed by atoms with van der Waals surface area (Å²) in [5.74, 6) is 0. The molecule has 4 heteroatoms. The van der Waals surface area contributed by atoms with E-state index in [9.17, 15) is 0 Å². The van der Waals surface area contributed by atoms with E-state index >= 15 is 0 Å². The van der Waals surface area contributed by atoms with Gasteiger partial charge in [0.2, 0.25) is 0 Å². The molecule has 1 aliphatic heterocycles. The van der Waals surface area contributed by atoms with Gasteiger partial charge in [0, 0.05) is 12.2 Å². The molecule has 1 N–H and O–H groups in total. The van der Waals surface area contributed by atoms with E-state index in [4.69, 9.17) is 10.00 Å². The molecule has 0 amide bonds. The van der Waals surface area contributed by atoms with Crippen LogP contribution in [0, 0.1) is 11.3 Å². The van der Waals surface area contributed by atoms with Crippen LogP contribution >= 0.6 is 0 Å². The van der Waals surface area contributed by atoms with Crippen molar-refractivity contribution in [2.75, 3.05) is 25.2 Å². The molecule has 0 radical (unpaired) electrons. The van der Waals surface area contributed by atoms with Crippen LogP contribution in [0.2, 0.25) is 0 Å². The Morgan fingerprint density at radius 2 is 2.20 bits per heavy atom. The summed E-state index contributed by atoms with van der Waals surface area (Å²) < 4.78 is 5.24. The minimum atomic E-state index is -0.209. The molecule has 1 aliphatic rings. The zero-order valence-corrected chi connectivity index (χ0v) is 8.39. The van der Waals surface area contributed by atoms with Gasteiger partial charge in [0.05, 0.1) is 19.3 Å². The number of hydrogen-bond donors (Lipinski definition) is 1. The van der Waals surface area contributed by atoms with Crippen molar-refractivity contribution in [2.24, 2.45) is 0 Å². The maximum Gasteiger partial charge on any atom is 0.139 e. The summed E-state index contributed by atoms with van der Waals surface area (Å²) in [7, 11) is 0. The first kappa shape index (κ1) is 9.97. The average molecular weight is 203 g/mol. The summed E-state index contributed by atoms with van der Waals surface area (Å²) in [6.07, 6.45) is 0. The highest BCUT2D eigenvalue weighted by Gasteiger charge is 2.22. The molecule has 1 fully saturated rings. The summed E-state index contributed by atoms with van der Waals surface area (Å²) in [5, 5.41) is 10.8. The van der Waals surface area contributed by atoms with Gasteiger partial charge >= 0.3 is 0 Å². The van der Waals surface area contributed by atoms with Crippen molar-refractivity contribution in [3.8, 4) is 6.07 Å². The van der Waals surface area contributed by atoms with Gasteiger partial charge in [0.1, 0.15) is 6.04 Å². The Kier molecular flexibility index (Phi) is 3.18. The molecule has 2 rings (SSSR count). The molecule has 1 unspecified atom stereocenters. The molecule has 0 aromatic heterocycles. The fourth-order valence-corrected chi connectivity index (χ4v) is 1.52. The van der Waals surface area contributed by atoms with Crippen LogP contribution in [0.1, 0.15) is 0 Å². The van der Waals surface area contributed by atoms with Gasteiger partial charge in [-0.05, 0) is 12.1 Å². The molecular weight excluding hydrogens is 190 g/mol. The van der Waals surface area contributed by atoms with E-state index in [1.165, 1.54) is 0 Å². The van der Waals surface area contributed by atoms with Crippen molar-refractivity contribution < 1.29 is 4.74 Å². The van der Waals surface area contributed by atoms with Gasteiger partial charge in [-0.15, -0.1) is 0 Å². The van der Waals surface area contributed by atoms with Crippen LogP contribution in [0.3, 0.4) is 0 Å². The van der Waals surface area contributed by atoms with Gasteiger partial charge in [-0.1, -0.05) is 18.2 Å². The number of hydrazine groups is 1. The number of nitrogens with zero attached hydrogens (tertiary/aromatic N) is 2. The van der Waals surface area contributed by atoms with E-state index in [0.717, 1.165) is 12.2 Å². The average Bonchev–Trinajstić information content (AvgIpc) is 2.31. The van der Waals surface area contributed by atoms with Crippen LogP contribution in [-0.4, -0.2) is 30.8 Å². The molecule has 0 bridgehead atoms. The van der Waals surface area contributed by atoms with E-state index in [1.54, 1.807) is 0 Å².